The molecule has 0 saturated heterocycles. The molecule has 2 rings (SSSR count). The molecule has 0 aromatic rings. The third-order valence-electron chi connectivity index (χ3n) is 3.16. The van der Waals surface area contributed by atoms with E-state index in [2.05, 4.69) is 32.9 Å². The van der Waals surface area contributed by atoms with Gasteiger partial charge in [0.05, 0.1) is 0 Å². The Kier molecular flexibility index (Phi) is 4.83. The van der Waals surface area contributed by atoms with Crippen molar-refractivity contribution in [3.05, 3.63) is 35.6 Å². The Morgan fingerprint density at radius 2 is 1.70 bits per heavy atom. The minimum absolute atomic E-state index is 0.105. The maximum absolute atomic E-state index is 11.8. The van der Waals surface area contributed by atoms with Crippen LogP contribution < -0.4 is 21.2 Å². The van der Waals surface area contributed by atoms with E-state index in [1.54, 1.807) is 0 Å². The fourth-order valence-corrected chi connectivity index (χ4v) is 4.53. The molecule has 110 valence electrons. The van der Waals surface area contributed by atoms with Crippen LogP contribution in [0.15, 0.2) is 35.6 Å². The van der Waals surface area contributed by atoms with Crippen LogP contribution in [0.2, 0.25) is 0 Å². The van der Waals surface area contributed by atoms with E-state index in [-0.39, 0.29) is 38.4 Å². The van der Waals surface area contributed by atoms with Gasteiger partial charge in [0.2, 0.25) is 0 Å². The van der Waals surface area contributed by atoms with Crippen LogP contribution in [0.3, 0.4) is 0 Å². The Hall–Kier alpha value is -0.910. The van der Waals surface area contributed by atoms with E-state index in [1.165, 1.54) is 27.1 Å². The molecule has 0 aliphatic carbocycles. The number of amides is 2. The predicted molar refractivity (Wildman–Crippen MR) is 75.6 cm³/mol. The summed E-state index contributed by atoms with van der Waals surface area (Å²) in [6.45, 7) is 6.66. The molecular formula is C16H21INO2-. The number of carbonyl (C=O) groups excluding carboxylic acids is 2. The summed E-state index contributed by atoms with van der Waals surface area (Å²) in [7, 11) is 0. The Balaban J connectivity index is 2.18. The van der Waals surface area contributed by atoms with Gasteiger partial charge in [-0.3, -0.25) is 0 Å². The van der Waals surface area contributed by atoms with Crippen LogP contribution >= 0.6 is 0 Å². The second kappa shape index (κ2) is 6.24. The van der Waals surface area contributed by atoms with Crippen molar-refractivity contribution in [3.63, 3.8) is 0 Å². The Morgan fingerprint density at radius 1 is 1.10 bits per heavy atom. The molecule has 0 fully saturated rings. The molecule has 20 heavy (non-hydrogen) atoms. The van der Waals surface area contributed by atoms with Gasteiger partial charge in [0.25, 0.3) is 0 Å². The van der Waals surface area contributed by atoms with Gasteiger partial charge in [0.15, 0.2) is 0 Å². The van der Waals surface area contributed by atoms with Gasteiger partial charge in [-0.15, -0.1) is 0 Å². The van der Waals surface area contributed by atoms with E-state index in [9.17, 15) is 9.59 Å². The first-order chi connectivity index (χ1) is 9.37. The molecule has 0 atom stereocenters. The molecule has 0 N–H and O–H groups in total. The summed E-state index contributed by atoms with van der Waals surface area (Å²) in [5.74, 6) is -0.398. The van der Waals surface area contributed by atoms with E-state index < -0.39 is 0 Å². The Labute approximate surface area is 131 Å². The van der Waals surface area contributed by atoms with Crippen molar-refractivity contribution in [2.24, 2.45) is 5.41 Å². The molecule has 3 nitrogen and oxygen atoms in total. The third-order valence-corrected chi connectivity index (χ3v) is 5.29. The van der Waals surface area contributed by atoms with Crippen molar-refractivity contribution in [1.29, 1.82) is 0 Å². The first kappa shape index (κ1) is 15.5. The Morgan fingerprint density at radius 3 is 2.30 bits per heavy atom. The number of allylic oxidation sites excluding steroid dienone is 3. The van der Waals surface area contributed by atoms with Crippen LogP contribution in [0.5, 0.6) is 0 Å². The molecule has 0 aromatic carbocycles. The van der Waals surface area contributed by atoms with Gasteiger partial charge in [-0.2, -0.15) is 0 Å². The molecule has 0 unspecified atom stereocenters. The van der Waals surface area contributed by atoms with Gasteiger partial charge in [0.1, 0.15) is 0 Å². The number of hydrogen-bond donors (Lipinski definition) is 0. The van der Waals surface area contributed by atoms with Gasteiger partial charge in [-0.25, -0.2) is 0 Å². The molecule has 2 aliphatic rings. The normalized spacial score (nSPS) is 21.1. The molecule has 0 saturated carbocycles. The second-order valence-corrected chi connectivity index (χ2v) is 9.16. The predicted octanol–water partition coefficient (Wildman–Crippen LogP) is -0.349. The molecule has 0 bridgehead atoms. The van der Waals surface area contributed by atoms with E-state index in [0.717, 1.165) is 23.0 Å². The Bertz CT molecular complexity index is 491. The average Bonchev–Trinajstić information content (AvgIpc) is 2.61. The van der Waals surface area contributed by atoms with Crippen LogP contribution in [0.4, 0.5) is 0 Å². The van der Waals surface area contributed by atoms with Gasteiger partial charge >= 0.3 is 131 Å². The van der Waals surface area contributed by atoms with Crippen molar-refractivity contribution in [1.82, 2.24) is 4.90 Å². The average molecular weight is 386 g/mol. The number of hydrogen-bond acceptors (Lipinski definition) is 2. The molecule has 2 aliphatic heterocycles. The standard InChI is InChI=1S/C16H21INO2/c1-16(2,3)11-12-6-8-17-9-7-13(10-12)18-14(19)4-5-15(18)20/h4-7H,8-11H2,1-3H3/q-1. The van der Waals surface area contributed by atoms with Crippen molar-refractivity contribution in [2.45, 2.75) is 33.6 Å². The second-order valence-electron chi connectivity index (χ2n) is 6.31. The van der Waals surface area contributed by atoms with E-state index >= 15 is 0 Å². The third kappa shape index (κ3) is 4.04. The van der Waals surface area contributed by atoms with E-state index in [4.69, 9.17) is 0 Å². The molecule has 0 spiro atoms. The van der Waals surface area contributed by atoms with Gasteiger partial charge in [-0.05, 0) is 0 Å². The number of rotatable bonds is 2. The summed E-state index contributed by atoms with van der Waals surface area (Å²) in [6.07, 6.45) is 8.90. The van der Waals surface area contributed by atoms with Crippen LogP contribution in [0, 0.1) is 5.41 Å². The van der Waals surface area contributed by atoms with Crippen molar-refractivity contribution in [3.8, 4) is 0 Å². The fourth-order valence-electron chi connectivity index (χ4n) is 2.42. The number of nitrogens with zero attached hydrogens (tertiary/aromatic N) is 1. The van der Waals surface area contributed by atoms with Gasteiger partial charge < -0.3 is 0 Å². The number of halogens is 1. The zero-order valence-electron chi connectivity index (χ0n) is 12.3. The van der Waals surface area contributed by atoms with Crippen molar-refractivity contribution in [2.75, 3.05) is 8.86 Å². The number of imide groups is 1. The van der Waals surface area contributed by atoms with E-state index in [1.807, 2.05) is 0 Å². The quantitative estimate of drug-likeness (QED) is 0.282. The summed E-state index contributed by atoms with van der Waals surface area (Å²) in [5.41, 5.74) is 2.46. The summed E-state index contributed by atoms with van der Waals surface area (Å²) in [4.78, 5) is 25.0. The van der Waals surface area contributed by atoms with Crippen LogP contribution in [-0.2, 0) is 9.59 Å². The fraction of sp³-hybridized carbons (Fsp3) is 0.500. The molecular weight excluding hydrogens is 365 g/mol. The summed E-state index contributed by atoms with van der Waals surface area (Å²) >= 11 is 0.105. The summed E-state index contributed by atoms with van der Waals surface area (Å²) < 4.78 is 2.22. The molecule has 4 heteroatoms. The van der Waals surface area contributed by atoms with Gasteiger partial charge in [-0.1, -0.05) is 0 Å². The topological polar surface area (TPSA) is 37.4 Å². The number of alkyl halides is 2. The van der Waals surface area contributed by atoms with Crippen LogP contribution in [-0.4, -0.2) is 25.6 Å². The number of carbonyl (C=O) groups is 2. The molecule has 0 aromatic heterocycles. The van der Waals surface area contributed by atoms with Gasteiger partial charge in [0, 0.05) is 0 Å². The molecule has 0 radical (unpaired) electrons. The first-order valence-corrected chi connectivity index (χ1v) is 9.88. The zero-order valence-corrected chi connectivity index (χ0v) is 14.4. The van der Waals surface area contributed by atoms with E-state index in [0.29, 0.717) is 0 Å². The molecule has 2 heterocycles. The first-order valence-electron chi connectivity index (χ1n) is 6.83. The monoisotopic (exact) mass is 386 g/mol. The van der Waals surface area contributed by atoms with Crippen LogP contribution in [0.1, 0.15) is 33.6 Å². The zero-order chi connectivity index (χ0) is 14.8. The molecule has 2 amide bonds. The van der Waals surface area contributed by atoms with Crippen LogP contribution in [0.25, 0.3) is 0 Å². The van der Waals surface area contributed by atoms with Crippen molar-refractivity contribution < 1.29 is 30.8 Å². The summed E-state index contributed by atoms with van der Waals surface area (Å²) in [5, 5.41) is 0. The maximum atomic E-state index is 11.8. The summed E-state index contributed by atoms with van der Waals surface area (Å²) in [6, 6.07) is 0. The SMILES string of the molecule is CC(C)(C)CC1=CC[I-]CC=C(N2C(=O)C=CC2=O)C1. The minimum atomic E-state index is -0.199. The van der Waals surface area contributed by atoms with Crippen molar-refractivity contribution >= 4 is 11.8 Å².